The maximum absolute atomic E-state index is 10.7. The second kappa shape index (κ2) is 5.44. The summed E-state index contributed by atoms with van der Waals surface area (Å²) in [5.41, 5.74) is 1.91. The van der Waals surface area contributed by atoms with Crippen molar-refractivity contribution >= 4 is 39.7 Å². The van der Waals surface area contributed by atoms with Crippen LogP contribution in [0.4, 0.5) is 5.69 Å². The highest BCUT2D eigenvalue weighted by atomic mass is 79.9. The number of hydrogen-bond acceptors (Lipinski definition) is 3. The molecule has 2 rings (SSSR count). The van der Waals surface area contributed by atoms with E-state index in [2.05, 4.69) is 34.7 Å². The molecule has 92 valence electrons. The Balaban J connectivity index is 2.24. The first-order chi connectivity index (χ1) is 8.10. The van der Waals surface area contributed by atoms with E-state index in [1.165, 1.54) is 5.69 Å². The molecule has 0 aromatic heterocycles. The average molecular weight is 314 g/mol. The van der Waals surface area contributed by atoms with Gasteiger partial charge in [0, 0.05) is 33.6 Å². The lowest BCUT2D eigenvalue weighted by Crippen LogP contribution is -2.40. The van der Waals surface area contributed by atoms with Crippen molar-refractivity contribution in [3.05, 3.63) is 28.2 Å². The molecule has 2 nitrogen and oxygen atoms in total. The molecule has 0 spiro atoms. The predicted octanol–water partition coefficient (Wildman–Crippen LogP) is 3.59. The quantitative estimate of drug-likeness (QED) is 0.778. The van der Waals surface area contributed by atoms with Crippen molar-refractivity contribution in [1.29, 1.82) is 0 Å². The summed E-state index contributed by atoms with van der Waals surface area (Å²) in [6.07, 6.45) is 0.881. The van der Waals surface area contributed by atoms with Gasteiger partial charge in [0.15, 0.2) is 0 Å². The fraction of sp³-hybridized carbons (Fsp3) is 0.462. The summed E-state index contributed by atoms with van der Waals surface area (Å²) >= 11 is 5.60. The molecule has 1 aromatic rings. The monoisotopic (exact) mass is 313 g/mol. The Morgan fingerprint density at radius 2 is 2.00 bits per heavy atom. The fourth-order valence-electron chi connectivity index (χ4n) is 2.23. The number of aldehydes is 1. The first-order valence-corrected chi connectivity index (χ1v) is 7.49. The number of halogens is 1. The normalized spacial score (nSPS) is 24.8. The fourth-order valence-corrected chi connectivity index (χ4v) is 4.20. The van der Waals surface area contributed by atoms with Gasteiger partial charge in [-0.2, -0.15) is 11.8 Å². The highest BCUT2D eigenvalue weighted by Crippen LogP contribution is 2.33. The standard InChI is InChI=1S/C13H16BrNOS/c1-9-6-15(7-10(2)17-9)13-4-3-11(8-16)5-12(13)14/h3-5,8-10H,6-7H2,1-2H3. The molecule has 1 saturated heterocycles. The van der Waals surface area contributed by atoms with E-state index < -0.39 is 0 Å². The molecule has 2 atom stereocenters. The van der Waals surface area contributed by atoms with Gasteiger partial charge in [0.1, 0.15) is 6.29 Å². The van der Waals surface area contributed by atoms with Crippen LogP contribution in [-0.4, -0.2) is 29.9 Å². The Kier molecular flexibility index (Phi) is 4.15. The Morgan fingerprint density at radius 3 is 2.53 bits per heavy atom. The van der Waals surface area contributed by atoms with Gasteiger partial charge in [-0.3, -0.25) is 4.79 Å². The summed E-state index contributed by atoms with van der Waals surface area (Å²) in [4.78, 5) is 13.1. The molecule has 17 heavy (non-hydrogen) atoms. The van der Waals surface area contributed by atoms with Crippen molar-refractivity contribution in [1.82, 2.24) is 0 Å². The molecular formula is C13H16BrNOS. The van der Waals surface area contributed by atoms with Crippen LogP contribution in [0.15, 0.2) is 22.7 Å². The third kappa shape index (κ3) is 3.05. The third-order valence-electron chi connectivity index (χ3n) is 2.87. The maximum Gasteiger partial charge on any atom is 0.150 e. The smallest absolute Gasteiger partial charge is 0.150 e. The van der Waals surface area contributed by atoms with Crippen LogP contribution in [0.5, 0.6) is 0 Å². The van der Waals surface area contributed by atoms with E-state index in [1.807, 2.05) is 30.0 Å². The van der Waals surface area contributed by atoms with Gasteiger partial charge in [0.2, 0.25) is 0 Å². The summed E-state index contributed by atoms with van der Waals surface area (Å²) in [5.74, 6) is 0. The molecule has 0 radical (unpaired) electrons. The molecule has 0 saturated carbocycles. The maximum atomic E-state index is 10.7. The predicted molar refractivity (Wildman–Crippen MR) is 78.3 cm³/mol. The number of rotatable bonds is 2. The summed E-state index contributed by atoms with van der Waals surface area (Å²) in [6, 6.07) is 5.80. The number of carbonyl (C=O) groups excluding carboxylic acids is 1. The second-order valence-corrected chi connectivity index (χ2v) is 7.23. The Hall–Kier alpha value is -0.480. The first-order valence-electron chi connectivity index (χ1n) is 5.75. The van der Waals surface area contributed by atoms with Gasteiger partial charge in [-0.25, -0.2) is 0 Å². The Bertz CT molecular complexity index is 414. The van der Waals surface area contributed by atoms with E-state index in [0.717, 1.165) is 23.8 Å². The van der Waals surface area contributed by atoms with E-state index in [0.29, 0.717) is 16.1 Å². The summed E-state index contributed by atoms with van der Waals surface area (Å²) in [6.45, 7) is 6.66. The minimum Gasteiger partial charge on any atom is -0.368 e. The third-order valence-corrected chi connectivity index (χ3v) is 4.73. The van der Waals surface area contributed by atoms with Gasteiger partial charge >= 0.3 is 0 Å². The van der Waals surface area contributed by atoms with Gasteiger partial charge in [0.05, 0.1) is 5.69 Å². The van der Waals surface area contributed by atoms with Crippen LogP contribution in [0.1, 0.15) is 24.2 Å². The molecule has 0 bridgehead atoms. The number of anilines is 1. The van der Waals surface area contributed by atoms with Crippen molar-refractivity contribution in [3.8, 4) is 0 Å². The SMILES string of the molecule is CC1CN(c2ccc(C=O)cc2Br)CC(C)S1. The zero-order chi connectivity index (χ0) is 12.4. The number of hydrogen-bond donors (Lipinski definition) is 0. The molecule has 2 unspecified atom stereocenters. The number of thioether (sulfide) groups is 1. The topological polar surface area (TPSA) is 20.3 Å². The van der Waals surface area contributed by atoms with Crippen LogP contribution < -0.4 is 4.90 Å². The van der Waals surface area contributed by atoms with Gasteiger partial charge in [-0.05, 0) is 34.1 Å². The average Bonchev–Trinajstić information content (AvgIpc) is 2.27. The largest absolute Gasteiger partial charge is 0.368 e. The minimum atomic E-state index is 0.649. The second-order valence-electron chi connectivity index (χ2n) is 4.49. The van der Waals surface area contributed by atoms with Gasteiger partial charge in [0.25, 0.3) is 0 Å². The molecule has 0 N–H and O–H groups in total. The lowest BCUT2D eigenvalue weighted by molar-refractivity contribution is 0.112. The van der Waals surface area contributed by atoms with Crippen LogP contribution in [0, 0.1) is 0 Å². The number of benzene rings is 1. The van der Waals surface area contributed by atoms with E-state index in [9.17, 15) is 4.79 Å². The summed E-state index contributed by atoms with van der Waals surface area (Å²) < 4.78 is 1.01. The molecule has 1 heterocycles. The van der Waals surface area contributed by atoms with Crippen molar-refractivity contribution in [2.75, 3.05) is 18.0 Å². The zero-order valence-electron chi connectivity index (χ0n) is 10.0. The lowest BCUT2D eigenvalue weighted by atomic mass is 10.2. The molecule has 1 aromatic carbocycles. The van der Waals surface area contributed by atoms with E-state index in [4.69, 9.17) is 0 Å². The van der Waals surface area contributed by atoms with Crippen LogP contribution in [-0.2, 0) is 0 Å². The zero-order valence-corrected chi connectivity index (χ0v) is 12.4. The summed E-state index contributed by atoms with van der Waals surface area (Å²) in [7, 11) is 0. The first kappa shape index (κ1) is 13.0. The van der Waals surface area contributed by atoms with Crippen molar-refractivity contribution in [2.24, 2.45) is 0 Å². The molecule has 0 amide bonds. The highest BCUT2D eigenvalue weighted by molar-refractivity contribution is 9.10. The van der Waals surface area contributed by atoms with Crippen molar-refractivity contribution in [2.45, 2.75) is 24.3 Å². The van der Waals surface area contributed by atoms with Crippen LogP contribution in [0.2, 0.25) is 0 Å². The van der Waals surface area contributed by atoms with Gasteiger partial charge in [-0.1, -0.05) is 13.8 Å². The van der Waals surface area contributed by atoms with Crippen LogP contribution in [0.25, 0.3) is 0 Å². The molecule has 1 fully saturated rings. The molecule has 1 aliphatic heterocycles. The molecule has 4 heteroatoms. The minimum absolute atomic E-state index is 0.649. The molecule has 0 aliphatic carbocycles. The van der Waals surface area contributed by atoms with Crippen molar-refractivity contribution in [3.63, 3.8) is 0 Å². The van der Waals surface area contributed by atoms with Crippen LogP contribution in [0.3, 0.4) is 0 Å². The van der Waals surface area contributed by atoms with E-state index in [1.54, 1.807) is 0 Å². The molecular weight excluding hydrogens is 298 g/mol. The van der Waals surface area contributed by atoms with E-state index >= 15 is 0 Å². The lowest BCUT2D eigenvalue weighted by Gasteiger charge is -2.36. The van der Waals surface area contributed by atoms with Crippen molar-refractivity contribution < 1.29 is 4.79 Å². The van der Waals surface area contributed by atoms with E-state index in [-0.39, 0.29) is 0 Å². The molecule has 1 aliphatic rings. The number of carbonyl (C=O) groups is 1. The number of nitrogens with zero attached hydrogens (tertiary/aromatic N) is 1. The Labute approximate surface area is 115 Å². The summed E-state index contributed by atoms with van der Waals surface area (Å²) in [5, 5.41) is 1.30. The Morgan fingerprint density at radius 1 is 1.35 bits per heavy atom. The van der Waals surface area contributed by atoms with Crippen LogP contribution >= 0.6 is 27.7 Å². The van der Waals surface area contributed by atoms with Gasteiger partial charge < -0.3 is 4.90 Å². The highest BCUT2D eigenvalue weighted by Gasteiger charge is 2.23. The van der Waals surface area contributed by atoms with Gasteiger partial charge in [-0.15, -0.1) is 0 Å².